The van der Waals surface area contributed by atoms with Crippen LogP contribution in [0.15, 0.2) is 122 Å². The fourth-order valence-electron chi connectivity index (χ4n) is 7.31. The second-order valence-corrected chi connectivity index (χ2v) is 17.0. The SMILES string of the molecule is C=C(C)c1ccc(-c2cc(C(C)(C)C)cc(-c3ccc4ccc5ccc(-c6cc(C(C)(C)C)cc(-c7ccc(C(=C)C)cc7)c6OC)nc5c4n3)c2OC)cc1. The summed E-state index contributed by atoms with van der Waals surface area (Å²) >= 11 is 0. The molecule has 0 spiro atoms. The second kappa shape index (κ2) is 14.6. The van der Waals surface area contributed by atoms with Crippen LogP contribution in [0.5, 0.6) is 11.5 Å². The van der Waals surface area contributed by atoms with Crippen molar-refractivity contribution < 1.29 is 9.47 Å². The van der Waals surface area contributed by atoms with Gasteiger partial charge in [-0.2, -0.15) is 0 Å². The summed E-state index contributed by atoms with van der Waals surface area (Å²) in [5.41, 5.74) is 15.9. The lowest BCUT2D eigenvalue weighted by Gasteiger charge is -2.24. The summed E-state index contributed by atoms with van der Waals surface area (Å²) < 4.78 is 12.5. The Bertz CT molecular complexity index is 2470. The van der Waals surface area contributed by atoms with Gasteiger partial charge in [-0.3, -0.25) is 0 Å². The predicted molar refractivity (Wildman–Crippen MR) is 239 cm³/mol. The minimum absolute atomic E-state index is 0.112. The molecule has 0 fully saturated rings. The van der Waals surface area contributed by atoms with Gasteiger partial charge in [0.1, 0.15) is 11.5 Å². The summed E-state index contributed by atoms with van der Waals surface area (Å²) in [5.74, 6) is 1.57. The van der Waals surface area contributed by atoms with Crippen LogP contribution in [0.2, 0.25) is 0 Å². The third-order valence-electron chi connectivity index (χ3n) is 10.8. The molecule has 4 heteroatoms. The Morgan fingerprint density at radius 2 is 0.786 bits per heavy atom. The summed E-state index contributed by atoms with van der Waals surface area (Å²) in [6.45, 7) is 25.8. The normalized spacial score (nSPS) is 11.9. The van der Waals surface area contributed by atoms with E-state index in [0.717, 1.165) is 100 Å². The largest absolute Gasteiger partial charge is 0.495 e. The molecular weight excluding hydrogens is 685 g/mol. The van der Waals surface area contributed by atoms with Gasteiger partial charge in [0, 0.05) is 33.0 Å². The Balaban J connectivity index is 1.44. The number of fused-ring (bicyclic) bond motifs is 3. The first-order chi connectivity index (χ1) is 26.6. The summed E-state index contributed by atoms with van der Waals surface area (Å²) in [5, 5.41) is 2.03. The molecule has 0 aliphatic carbocycles. The molecule has 0 amide bonds. The molecule has 7 rings (SSSR count). The Labute approximate surface area is 332 Å². The van der Waals surface area contributed by atoms with Crippen molar-refractivity contribution in [1.82, 2.24) is 9.97 Å². The maximum Gasteiger partial charge on any atom is 0.136 e. The zero-order chi connectivity index (χ0) is 40.1. The number of methoxy groups -OCH3 is 2. The topological polar surface area (TPSA) is 44.2 Å². The van der Waals surface area contributed by atoms with E-state index in [4.69, 9.17) is 19.4 Å². The molecule has 56 heavy (non-hydrogen) atoms. The van der Waals surface area contributed by atoms with Crippen molar-refractivity contribution in [2.45, 2.75) is 66.2 Å². The van der Waals surface area contributed by atoms with Crippen molar-refractivity contribution in [2.24, 2.45) is 0 Å². The third kappa shape index (κ3) is 7.24. The van der Waals surface area contributed by atoms with Crippen LogP contribution in [-0.4, -0.2) is 24.2 Å². The fourth-order valence-corrected chi connectivity index (χ4v) is 7.31. The Hall–Kier alpha value is -6.00. The number of nitrogens with zero attached hydrogens (tertiary/aromatic N) is 2. The van der Waals surface area contributed by atoms with Crippen LogP contribution in [0, 0.1) is 0 Å². The minimum Gasteiger partial charge on any atom is -0.495 e. The lowest BCUT2D eigenvalue weighted by Crippen LogP contribution is -2.12. The highest BCUT2D eigenvalue weighted by molar-refractivity contribution is 6.04. The van der Waals surface area contributed by atoms with E-state index in [0.29, 0.717) is 0 Å². The first kappa shape index (κ1) is 38.3. The number of aromatic nitrogens is 2. The van der Waals surface area contributed by atoms with Gasteiger partial charge in [0.2, 0.25) is 0 Å². The van der Waals surface area contributed by atoms with Gasteiger partial charge in [0.05, 0.1) is 36.6 Å². The number of benzene rings is 5. The summed E-state index contributed by atoms with van der Waals surface area (Å²) in [7, 11) is 3.49. The van der Waals surface area contributed by atoms with Gasteiger partial charge in [-0.25, -0.2) is 9.97 Å². The maximum atomic E-state index is 6.25. The number of hydrogen-bond donors (Lipinski definition) is 0. The molecule has 0 N–H and O–H groups in total. The summed E-state index contributed by atoms with van der Waals surface area (Å²) in [4.78, 5) is 10.8. The van der Waals surface area contributed by atoms with E-state index < -0.39 is 0 Å². The molecular formula is C52H52N2O2. The average molecular weight is 737 g/mol. The molecule has 0 saturated carbocycles. The van der Waals surface area contributed by atoms with Crippen molar-refractivity contribution in [3.05, 3.63) is 145 Å². The molecule has 2 heterocycles. The molecule has 0 aliphatic rings. The minimum atomic E-state index is -0.112. The first-order valence-corrected chi connectivity index (χ1v) is 19.3. The average Bonchev–Trinajstić information content (AvgIpc) is 3.18. The van der Waals surface area contributed by atoms with Gasteiger partial charge in [-0.15, -0.1) is 0 Å². The summed E-state index contributed by atoms with van der Waals surface area (Å²) in [6, 6.07) is 38.8. The molecule has 0 unspecified atom stereocenters. The number of allylic oxidation sites excluding steroid dienone is 2. The number of rotatable bonds is 8. The molecule has 282 valence electrons. The lowest BCUT2D eigenvalue weighted by molar-refractivity contribution is 0.417. The summed E-state index contributed by atoms with van der Waals surface area (Å²) in [6.07, 6.45) is 0. The monoisotopic (exact) mass is 736 g/mol. The molecule has 0 radical (unpaired) electrons. The molecule has 7 aromatic rings. The molecule has 2 aromatic heterocycles. The van der Waals surface area contributed by atoms with Gasteiger partial charge in [0.25, 0.3) is 0 Å². The third-order valence-corrected chi connectivity index (χ3v) is 10.8. The highest BCUT2D eigenvalue weighted by Gasteiger charge is 2.24. The smallest absolute Gasteiger partial charge is 0.136 e. The van der Waals surface area contributed by atoms with Crippen molar-refractivity contribution >= 4 is 33.0 Å². The van der Waals surface area contributed by atoms with E-state index >= 15 is 0 Å². The molecule has 5 aromatic carbocycles. The number of hydrogen-bond acceptors (Lipinski definition) is 4. The lowest BCUT2D eigenvalue weighted by atomic mass is 9.83. The van der Waals surface area contributed by atoms with Crippen LogP contribution in [-0.2, 0) is 10.8 Å². The predicted octanol–water partition coefficient (Wildman–Crippen LogP) is 14.1. The standard InChI is InChI=1S/C52H52N2O2/c1-31(2)33-13-17-35(18-14-33)41-27-39(51(5,6)7)29-43(49(41)55-11)45-25-23-37-21-22-38-24-26-46(54-48(38)47(37)53-45)44-30-40(52(8,9)10)28-42(50(44)56-12)36-19-15-34(16-20-36)32(3)4/h13-30H,1,3H2,2,4-12H3. The Kier molecular flexibility index (Phi) is 9.97. The number of pyridine rings is 2. The highest BCUT2D eigenvalue weighted by Crippen LogP contribution is 2.45. The van der Waals surface area contributed by atoms with Gasteiger partial charge in [0.15, 0.2) is 0 Å². The van der Waals surface area contributed by atoms with Crippen molar-refractivity contribution in [1.29, 1.82) is 0 Å². The van der Waals surface area contributed by atoms with Gasteiger partial charge in [-0.1, -0.05) is 139 Å². The van der Waals surface area contributed by atoms with Crippen LogP contribution in [0.1, 0.15) is 77.6 Å². The van der Waals surface area contributed by atoms with Crippen molar-refractivity contribution in [3.8, 4) is 56.3 Å². The highest BCUT2D eigenvalue weighted by atomic mass is 16.5. The van der Waals surface area contributed by atoms with E-state index in [1.165, 1.54) is 11.1 Å². The van der Waals surface area contributed by atoms with E-state index in [2.05, 4.69) is 164 Å². The van der Waals surface area contributed by atoms with Gasteiger partial charge < -0.3 is 9.47 Å². The van der Waals surface area contributed by atoms with Crippen LogP contribution < -0.4 is 9.47 Å². The van der Waals surface area contributed by atoms with Crippen LogP contribution in [0.25, 0.3) is 77.7 Å². The Morgan fingerprint density at radius 1 is 0.464 bits per heavy atom. The molecule has 0 bridgehead atoms. The molecule has 4 nitrogen and oxygen atoms in total. The van der Waals surface area contributed by atoms with Crippen molar-refractivity contribution in [3.63, 3.8) is 0 Å². The van der Waals surface area contributed by atoms with Gasteiger partial charge >= 0.3 is 0 Å². The fraction of sp³-hybridized carbons (Fsp3) is 0.231. The molecule has 0 aliphatic heterocycles. The van der Waals surface area contributed by atoms with E-state index in [1.807, 2.05) is 13.8 Å². The quantitative estimate of drug-likeness (QED) is 0.146. The van der Waals surface area contributed by atoms with E-state index in [9.17, 15) is 0 Å². The Morgan fingerprint density at radius 3 is 1.09 bits per heavy atom. The zero-order valence-corrected chi connectivity index (χ0v) is 34.5. The molecule has 0 atom stereocenters. The van der Waals surface area contributed by atoms with Crippen LogP contribution >= 0.6 is 0 Å². The van der Waals surface area contributed by atoms with Crippen molar-refractivity contribution in [2.75, 3.05) is 14.2 Å². The van der Waals surface area contributed by atoms with E-state index in [-0.39, 0.29) is 10.8 Å². The maximum absolute atomic E-state index is 6.25. The van der Waals surface area contributed by atoms with Crippen LogP contribution in [0.4, 0.5) is 0 Å². The molecule has 0 saturated heterocycles. The second-order valence-electron chi connectivity index (χ2n) is 17.0. The number of ether oxygens (including phenoxy) is 2. The first-order valence-electron chi connectivity index (χ1n) is 19.3. The zero-order valence-electron chi connectivity index (χ0n) is 34.5. The van der Waals surface area contributed by atoms with Crippen LogP contribution in [0.3, 0.4) is 0 Å². The van der Waals surface area contributed by atoms with E-state index in [1.54, 1.807) is 14.2 Å². The van der Waals surface area contributed by atoms with Gasteiger partial charge in [-0.05, 0) is 94.5 Å².